The molecule has 1 amide bonds. The maximum atomic E-state index is 13.0. The lowest BCUT2D eigenvalue weighted by atomic mass is 10.2. The lowest BCUT2D eigenvalue weighted by Gasteiger charge is -2.13. The van der Waals surface area contributed by atoms with E-state index in [1.807, 2.05) is 60.7 Å². The van der Waals surface area contributed by atoms with Gasteiger partial charge in [-0.15, -0.1) is 0 Å². The molecule has 0 aliphatic rings. The monoisotopic (exact) mass is 502 g/mol. The maximum Gasteiger partial charge on any atom is 0.255 e. The van der Waals surface area contributed by atoms with Crippen LogP contribution < -0.4 is 19.5 Å². The number of hydrogen-bond acceptors (Lipinski definition) is 5. The van der Waals surface area contributed by atoms with Crippen LogP contribution in [0.2, 0.25) is 0 Å². The molecule has 0 atom stereocenters. The zero-order chi connectivity index (χ0) is 25.4. The predicted molar refractivity (Wildman–Crippen MR) is 139 cm³/mol. The molecular weight excluding hydrogens is 476 g/mol. The molecule has 0 bridgehead atoms. The number of carbonyl (C=O) groups excluding carboxylic acids is 1. The van der Waals surface area contributed by atoms with Gasteiger partial charge in [0.05, 0.1) is 7.11 Å². The molecule has 4 rings (SSSR count). The third-order valence-corrected chi connectivity index (χ3v) is 6.81. The Hall–Kier alpha value is -4.14. The van der Waals surface area contributed by atoms with E-state index in [1.54, 1.807) is 24.3 Å². The first-order valence-corrected chi connectivity index (χ1v) is 12.7. The van der Waals surface area contributed by atoms with Gasteiger partial charge in [0.15, 0.2) is 0 Å². The van der Waals surface area contributed by atoms with Gasteiger partial charge in [-0.3, -0.25) is 4.79 Å². The topological polar surface area (TPSA) is 93.7 Å². The highest BCUT2D eigenvalue weighted by atomic mass is 32.2. The molecule has 0 unspecified atom stereocenters. The molecule has 0 aliphatic heterocycles. The van der Waals surface area contributed by atoms with E-state index in [-0.39, 0.29) is 22.8 Å². The Balaban J connectivity index is 1.43. The van der Waals surface area contributed by atoms with Crippen molar-refractivity contribution in [1.29, 1.82) is 0 Å². The van der Waals surface area contributed by atoms with Crippen LogP contribution in [0.15, 0.2) is 108 Å². The molecule has 4 aromatic rings. The molecule has 0 saturated heterocycles. The van der Waals surface area contributed by atoms with Gasteiger partial charge in [0.1, 0.15) is 23.0 Å². The SMILES string of the molecule is COc1ccc(C(=O)Nc2ccc(OCc3ccccc3)cc2)cc1S(=O)(=O)NCc1ccccc1. The highest BCUT2D eigenvalue weighted by Crippen LogP contribution is 2.26. The molecule has 0 heterocycles. The molecule has 4 aromatic carbocycles. The number of anilines is 1. The Kier molecular flexibility index (Phi) is 7.99. The summed E-state index contributed by atoms with van der Waals surface area (Å²) in [6.07, 6.45) is 0. The summed E-state index contributed by atoms with van der Waals surface area (Å²) < 4.78 is 39.5. The number of nitrogens with one attached hydrogen (secondary N) is 2. The molecule has 0 aromatic heterocycles. The van der Waals surface area contributed by atoms with E-state index < -0.39 is 15.9 Å². The number of benzene rings is 4. The van der Waals surface area contributed by atoms with Crippen molar-refractivity contribution in [2.75, 3.05) is 12.4 Å². The van der Waals surface area contributed by atoms with Gasteiger partial charge in [-0.05, 0) is 53.6 Å². The highest BCUT2D eigenvalue weighted by molar-refractivity contribution is 7.89. The van der Waals surface area contributed by atoms with Crippen molar-refractivity contribution in [3.05, 3.63) is 120 Å². The van der Waals surface area contributed by atoms with E-state index in [2.05, 4.69) is 10.0 Å². The van der Waals surface area contributed by atoms with Crippen LogP contribution in [0.25, 0.3) is 0 Å². The molecule has 0 radical (unpaired) electrons. The quantitative estimate of drug-likeness (QED) is 0.318. The minimum Gasteiger partial charge on any atom is -0.495 e. The Bertz CT molecular complexity index is 1410. The summed E-state index contributed by atoms with van der Waals surface area (Å²) in [5.41, 5.74) is 2.60. The van der Waals surface area contributed by atoms with Crippen LogP contribution in [0.4, 0.5) is 5.69 Å². The average Bonchev–Trinajstić information content (AvgIpc) is 2.92. The van der Waals surface area contributed by atoms with Crippen molar-refractivity contribution in [2.24, 2.45) is 0 Å². The fourth-order valence-electron chi connectivity index (χ4n) is 3.46. The summed E-state index contributed by atoms with van der Waals surface area (Å²) >= 11 is 0. The van der Waals surface area contributed by atoms with E-state index >= 15 is 0 Å². The van der Waals surface area contributed by atoms with Crippen LogP contribution in [-0.4, -0.2) is 21.4 Å². The third kappa shape index (κ3) is 6.50. The zero-order valence-electron chi connectivity index (χ0n) is 19.7. The van der Waals surface area contributed by atoms with Gasteiger partial charge in [-0.1, -0.05) is 60.7 Å². The Morgan fingerprint density at radius 3 is 2.08 bits per heavy atom. The Morgan fingerprint density at radius 1 is 0.806 bits per heavy atom. The zero-order valence-corrected chi connectivity index (χ0v) is 20.5. The van der Waals surface area contributed by atoms with Gasteiger partial charge in [-0.2, -0.15) is 0 Å². The number of ether oxygens (including phenoxy) is 2. The molecule has 8 heteroatoms. The second-order valence-electron chi connectivity index (χ2n) is 7.93. The normalized spacial score (nSPS) is 11.0. The van der Waals surface area contributed by atoms with Crippen molar-refractivity contribution >= 4 is 21.6 Å². The fourth-order valence-corrected chi connectivity index (χ4v) is 4.67. The molecule has 36 heavy (non-hydrogen) atoms. The minimum atomic E-state index is -3.94. The van der Waals surface area contributed by atoms with Gasteiger partial charge >= 0.3 is 0 Å². The average molecular weight is 503 g/mol. The van der Waals surface area contributed by atoms with Gasteiger partial charge < -0.3 is 14.8 Å². The minimum absolute atomic E-state index is 0.113. The molecule has 0 aliphatic carbocycles. The maximum absolute atomic E-state index is 13.0. The van der Waals surface area contributed by atoms with Gasteiger partial charge in [0.25, 0.3) is 5.91 Å². The van der Waals surface area contributed by atoms with E-state index in [0.29, 0.717) is 18.0 Å². The van der Waals surface area contributed by atoms with Crippen molar-refractivity contribution < 1.29 is 22.7 Å². The van der Waals surface area contributed by atoms with Crippen LogP contribution >= 0.6 is 0 Å². The predicted octanol–water partition coefficient (Wildman–Crippen LogP) is 5.01. The van der Waals surface area contributed by atoms with E-state index in [4.69, 9.17) is 9.47 Å². The first-order valence-electron chi connectivity index (χ1n) is 11.2. The van der Waals surface area contributed by atoms with Crippen molar-refractivity contribution in [3.8, 4) is 11.5 Å². The van der Waals surface area contributed by atoms with E-state index in [1.165, 1.54) is 25.3 Å². The number of rotatable bonds is 10. The summed E-state index contributed by atoms with van der Waals surface area (Å²) in [6, 6.07) is 30.2. The smallest absolute Gasteiger partial charge is 0.255 e. The number of sulfonamides is 1. The summed E-state index contributed by atoms with van der Waals surface area (Å²) in [7, 11) is -2.55. The number of hydrogen-bond donors (Lipinski definition) is 2. The van der Waals surface area contributed by atoms with E-state index in [9.17, 15) is 13.2 Å². The molecule has 2 N–H and O–H groups in total. The number of amides is 1. The third-order valence-electron chi connectivity index (χ3n) is 5.38. The molecule has 184 valence electrons. The molecular formula is C28H26N2O5S. The Morgan fingerprint density at radius 2 is 1.44 bits per heavy atom. The number of carbonyl (C=O) groups is 1. The van der Waals surface area contributed by atoms with Crippen molar-refractivity contribution in [3.63, 3.8) is 0 Å². The van der Waals surface area contributed by atoms with Gasteiger partial charge in [0, 0.05) is 17.8 Å². The summed E-state index contributed by atoms with van der Waals surface area (Å²) in [4.78, 5) is 12.8. The van der Waals surface area contributed by atoms with Gasteiger partial charge in [0.2, 0.25) is 10.0 Å². The second kappa shape index (κ2) is 11.5. The van der Waals surface area contributed by atoms with Crippen LogP contribution in [0, 0.1) is 0 Å². The standard InChI is InChI=1S/C28H26N2O5S/c1-34-26-17-12-23(18-27(26)36(32,33)29-19-21-8-4-2-5-9-21)28(31)30-24-13-15-25(16-14-24)35-20-22-10-6-3-7-11-22/h2-18,29H,19-20H2,1H3,(H,30,31). The lowest BCUT2D eigenvalue weighted by Crippen LogP contribution is -2.24. The highest BCUT2D eigenvalue weighted by Gasteiger charge is 2.21. The lowest BCUT2D eigenvalue weighted by molar-refractivity contribution is 0.102. The number of methoxy groups -OCH3 is 1. The van der Waals surface area contributed by atoms with Gasteiger partial charge in [-0.25, -0.2) is 13.1 Å². The first kappa shape index (κ1) is 25.0. The van der Waals surface area contributed by atoms with Crippen LogP contribution in [0.3, 0.4) is 0 Å². The first-order chi connectivity index (χ1) is 17.4. The van der Waals surface area contributed by atoms with Crippen molar-refractivity contribution in [2.45, 2.75) is 18.0 Å². The summed E-state index contributed by atoms with van der Waals surface area (Å²) in [5, 5.41) is 2.78. The van der Waals surface area contributed by atoms with Crippen molar-refractivity contribution in [1.82, 2.24) is 4.72 Å². The fraction of sp³-hybridized carbons (Fsp3) is 0.107. The Labute approximate surface area is 210 Å². The van der Waals surface area contributed by atoms with Crippen LogP contribution in [0.5, 0.6) is 11.5 Å². The summed E-state index contributed by atoms with van der Waals surface area (Å²) in [6.45, 7) is 0.551. The molecule has 0 spiro atoms. The largest absolute Gasteiger partial charge is 0.495 e. The molecule has 0 fully saturated rings. The molecule has 0 saturated carbocycles. The van der Waals surface area contributed by atoms with E-state index in [0.717, 1.165) is 11.1 Å². The molecule has 7 nitrogen and oxygen atoms in total. The van der Waals surface area contributed by atoms with Crippen LogP contribution in [0.1, 0.15) is 21.5 Å². The second-order valence-corrected chi connectivity index (χ2v) is 9.66. The summed E-state index contributed by atoms with van der Waals surface area (Å²) in [5.74, 6) is 0.362. The van der Waals surface area contributed by atoms with Crippen LogP contribution in [-0.2, 0) is 23.2 Å².